The van der Waals surface area contributed by atoms with E-state index >= 15 is 0 Å². The van der Waals surface area contributed by atoms with Crippen molar-refractivity contribution in [2.45, 2.75) is 71.6 Å². The Morgan fingerprint density at radius 1 is 1.25 bits per heavy atom. The molecule has 1 aromatic rings. The van der Waals surface area contributed by atoms with Crippen LogP contribution in [-0.2, 0) is 9.22 Å². The summed E-state index contributed by atoms with van der Waals surface area (Å²) >= 11 is 3.61. The largest absolute Gasteiger partial charge is 0.563 e. The number of amides is 1. The van der Waals surface area contributed by atoms with Crippen LogP contribution in [0, 0.1) is 13.8 Å². The minimum atomic E-state index is -1.80. The van der Waals surface area contributed by atoms with Crippen LogP contribution in [0.25, 0.3) is 0 Å². The van der Waals surface area contributed by atoms with Gasteiger partial charge in [0.2, 0.25) is 5.91 Å². The smallest absolute Gasteiger partial charge is 0.227 e. The number of rotatable bonds is 4. The van der Waals surface area contributed by atoms with Gasteiger partial charge in [-0.15, -0.1) is 18.1 Å². The monoisotopic (exact) mass is 411 g/mol. The highest BCUT2D eigenvalue weighted by molar-refractivity contribution is 9.10. The van der Waals surface area contributed by atoms with E-state index in [2.05, 4.69) is 75.8 Å². The molecule has 1 saturated heterocycles. The van der Waals surface area contributed by atoms with Crippen LogP contribution < -0.4 is 4.90 Å². The molecule has 1 atom stereocenters. The molecular weight excluding hydrogens is 382 g/mol. The fraction of sp³-hybridized carbons (Fsp3) is 0.632. The highest BCUT2D eigenvalue weighted by atomic mass is 79.9. The normalized spacial score (nSPS) is 19.2. The van der Waals surface area contributed by atoms with Crippen LogP contribution in [0.15, 0.2) is 16.6 Å². The van der Waals surface area contributed by atoms with E-state index in [1.165, 1.54) is 0 Å². The van der Waals surface area contributed by atoms with Gasteiger partial charge in [-0.05, 0) is 51.8 Å². The van der Waals surface area contributed by atoms with Crippen molar-refractivity contribution in [3.8, 4) is 0 Å². The Balaban J connectivity index is 2.21. The van der Waals surface area contributed by atoms with Gasteiger partial charge in [0.1, 0.15) is 0 Å². The molecule has 1 fully saturated rings. The summed E-state index contributed by atoms with van der Waals surface area (Å²) in [5, 5.41) is 0.186. The number of anilines is 1. The van der Waals surface area contributed by atoms with E-state index in [4.69, 9.17) is 4.43 Å². The van der Waals surface area contributed by atoms with Gasteiger partial charge in [-0.3, -0.25) is 4.79 Å². The molecule has 24 heavy (non-hydrogen) atoms. The number of halogens is 1. The van der Waals surface area contributed by atoms with Crippen molar-refractivity contribution >= 4 is 35.8 Å². The molecule has 0 radical (unpaired) electrons. The number of nitrogens with zero attached hydrogens (tertiary/aromatic N) is 1. The van der Waals surface area contributed by atoms with Gasteiger partial charge in [0.25, 0.3) is 0 Å². The average molecular weight is 412 g/mol. The number of carbonyl (C=O) groups is 1. The van der Waals surface area contributed by atoms with E-state index in [1.54, 1.807) is 0 Å². The molecule has 1 aliphatic heterocycles. The minimum absolute atomic E-state index is 0.145. The molecular formula is C19H30BrNO2Si-. The van der Waals surface area contributed by atoms with Crippen molar-refractivity contribution in [3.63, 3.8) is 0 Å². The van der Waals surface area contributed by atoms with E-state index in [9.17, 15) is 4.79 Å². The van der Waals surface area contributed by atoms with E-state index in [1.807, 2.05) is 4.90 Å². The van der Waals surface area contributed by atoms with Gasteiger partial charge in [0.05, 0.1) is 6.04 Å². The van der Waals surface area contributed by atoms with E-state index < -0.39 is 8.32 Å². The van der Waals surface area contributed by atoms with Crippen molar-refractivity contribution in [2.24, 2.45) is 0 Å². The van der Waals surface area contributed by atoms with Crippen LogP contribution in [0.5, 0.6) is 0 Å². The number of carbonyl (C=O) groups excluding carboxylic acids is 1. The van der Waals surface area contributed by atoms with Crippen LogP contribution in [0.3, 0.4) is 0 Å². The molecule has 1 aromatic carbocycles. The summed E-state index contributed by atoms with van der Waals surface area (Å²) in [6.07, 6.45) is 1.49. The van der Waals surface area contributed by atoms with Crippen LogP contribution in [0.2, 0.25) is 18.1 Å². The lowest BCUT2D eigenvalue weighted by Gasteiger charge is -2.49. The average Bonchev–Trinajstić information content (AvgIpc) is 2.82. The molecule has 0 N–H and O–H groups in total. The second-order valence-electron chi connectivity index (χ2n) is 8.42. The molecule has 1 heterocycles. The Morgan fingerprint density at radius 2 is 1.79 bits per heavy atom. The molecule has 1 amide bonds. The topological polar surface area (TPSA) is 29.5 Å². The van der Waals surface area contributed by atoms with Crippen LogP contribution in [0.4, 0.5) is 5.69 Å². The van der Waals surface area contributed by atoms with Gasteiger partial charge < -0.3 is 9.33 Å². The Bertz CT molecular complexity index is 614. The van der Waals surface area contributed by atoms with Crippen molar-refractivity contribution in [3.05, 3.63) is 27.7 Å². The first-order chi connectivity index (χ1) is 10.9. The zero-order valence-electron chi connectivity index (χ0n) is 16.0. The maximum atomic E-state index is 12.5. The predicted octanol–water partition coefficient (Wildman–Crippen LogP) is 5.58. The Labute approximate surface area is 156 Å². The second-order valence-corrected chi connectivity index (χ2v) is 14.0. The molecule has 0 aliphatic carbocycles. The first-order valence-electron chi connectivity index (χ1n) is 8.67. The first kappa shape index (κ1) is 19.7. The van der Waals surface area contributed by atoms with Gasteiger partial charge in [-0.1, -0.05) is 36.7 Å². The van der Waals surface area contributed by atoms with Gasteiger partial charge in [0.15, 0.2) is 0 Å². The van der Waals surface area contributed by atoms with Gasteiger partial charge in [0, 0.05) is 23.2 Å². The third-order valence-electron chi connectivity index (χ3n) is 5.47. The molecule has 0 aromatic heterocycles. The highest BCUT2D eigenvalue weighted by Gasteiger charge is 2.34. The third kappa shape index (κ3) is 3.94. The SMILES string of the molecule is Cc1cc(N2C(=O)CC[C@@H]2CO[Si-](C)(C)C(C)(C)C)cc(C)c1Br. The quantitative estimate of drug-likeness (QED) is 0.604. The molecule has 0 unspecified atom stereocenters. The Hall–Kier alpha value is -0.653. The van der Waals surface area contributed by atoms with Gasteiger partial charge in [-0.2, -0.15) is 0 Å². The van der Waals surface area contributed by atoms with Crippen molar-refractivity contribution in [1.29, 1.82) is 0 Å². The minimum Gasteiger partial charge on any atom is -0.563 e. The summed E-state index contributed by atoms with van der Waals surface area (Å²) in [6.45, 7) is 16.1. The fourth-order valence-corrected chi connectivity index (χ4v) is 4.11. The molecule has 135 valence electrons. The molecule has 0 bridgehead atoms. The summed E-state index contributed by atoms with van der Waals surface area (Å²) in [6, 6.07) is 4.34. The van der Waals surface area contributed by atoms with Crippen LogP contribution in [-0.4, -0.2) is 26.9 Å². The number of aryl methyl sites for hydroxylation is 2. The second kappa shape index (κ2) is 6.93. The zero-order valence-corrected chi connectivity index (χ0v) is 18.6. The predicted molar refractivity (Wildman–Crippen MR) is 107 cm³/mol. The van der Waals surface area contributed by atoms with Crippen LogP contribution >= 0.6 is 15.9 Å². The summed E-state index contributed by atoms with van der Waals surface area (Å²) in [5.41, 5.74) is 3.32. The van der Waals surface area contributed by atoms with Crippen molar-refractivity contribution in [1.82, 2.24) is 0 Å². The summed E-state index contributed by atoms with van der Waals surface area (Å²) in [5.74, 6) is 0.208. The lowest BCUT2D eigenvalue weighted by molar-refractivity contribution is -0.117. The van der Waals surface area contributed by atoms with Crippen LogP contribution in [0.1, 0.15) is 44.7 Å². The van der Waals surface area contributed by atoms with Gasteiger partial charge in [-0.25, -0.2) is 0 Å². The number of hydrogen-bond donors (Lipinski definition) is 0. The molecule has 3 nitrogen and oxygen atoms in total. The Morgan fingerprint density at radius 3 is 2.29 bits per heavy atom. The number of hydrogen-bond acceptors (Lipinski definition) is 2. The Kier molecular flexibility index (Phi) is 5.68. The van der Waals surface area contributed by atoms with E-state index in [0.29, 0.717) is 13.0 Å². The molecule has 0 saturated carbocycles. The van der Waals surface area contributed by atoms with Crippen molar-refractivity contribution < 1.29 is 9.22 Å². The lowest BCUT2D eigenvalue weighted by Crippen LogP contribution is -2.45. The molecule has 2 rings (SSSR count). The lowest BCUT2D eigenvalue weighted by atomic mass is 10.1. The standard InChI is InChI=1S/C19H30BrNO2Si/c1-13-10-16(11-14(2)18(13)20)21-15(8-9-17(21)22)12-23-24(6,7)19(3,4)5/h10-11,15H,8-9,12H2,1-7H3/q-1/t15-/m1/s1. The van der Waals surface area contributed by atoms with E-state index in [0.717, 1.165) is 27.7 Å². The number of benzene rings is 1. The van der Waals surface area contributed by atoms with Crippen molar-refractivity contribution in [2.75, 3.05) is 11.5 Å². The molecule has 1 aliphatic rings. The highest BCUT2D eigenvalue weighted by Crippen LogP contribution is 2.38. The summed E-state index contributed by atoms with van der Waals surface area (Å²) < 4.78 is 7.52. The maximum absolute atomic E-state index is 12.5. The zero-order chi connectivity index (χ0) is 18.3. The molecule has 0 spiro atoms. The maximum Gasteiger partial charge on any atom is 0.227 e. The third-order valence-corrected chi connectivity index (χ3v) is 11.2. The summed E-state index contributed by atoms with van der Waals surface area (Å²) in [4.78, 5) is 14.4. The molecule has 5 heteroatoms. The fourth-order valence-electron chi connectivity index (χ4n) is 2.84. The van der Waals surface area contributed by atoms with Gasteiger partial charge >= 0.3 is 0 Å². The first-order valence-corrected chi connectivity index (χ1v) is 12.4. The van der Waals surface area contributed by atoms with E-state index in [-0.39, 0.29) is 17.0 Å². The summed E-state index contributed by atoms with van der Waals surface area (Å²) in [7, 11) is -1.80.